The van der Waals surface area contributed by atoms with Crippen molar-refractivity contribution in [3.8, 4) is 0 Å². The summed E-state index contributed by atoms with van der Waals surface area (Å²) >= 11 is 0. The van der Waals surface area contributed by atoms with Crippen LogP contribution in [0.5, 0.6) is 0 Å². The summed E-state index contributed by atoms with van der Waals surface area (Å²) in [5, 5.41) is 8.69. The van der Waals surface area contributed by atoms with E-state index in [0.717, 1.165) is 19.5 Å². The van der Waals surface area contributed by atoms with E-state index >= 15 is 0 Å². The lowest BCUT2D eigenvalue weighted by atomic mass is 10.0. The van der Waals surface area contributed by atoms with Crippen LogP contribution in [0.3, 0.4) is 0 Å². The van der Waals surface area contributed by atoms with Crippen LogP contribution < -0.4 is 4.90 Å². The van der Waals surface area contributed by atoms with Crippen LogP contribution in [0.15, 0.2) is 54.6 Å². The topological polar surface area (TPSA) is 60.9 Å². The van der Waals surface area contributed by atoms with Gasteiger partial charge in [-0.25, -0.2) is 0 Å². The van der Waals surface area contributed by atoms with E-state index in [1.54, 1.807) is 4.90 Å². The normalized spacial score (nSPS) is 14.3. The van der Waals surface area contributed by atoms with E-state index in [4.69, 9.17) is 5.11 Å². The lowest BCUT2D eigenvalue weighted by Gasteiger charge is -2.36. The first-order valence-electron chi connectivity index (χ1n) is 8.99. The summed E-state index contributed by atoms with van der Waals surface area (Å²) in [4.78, 5) is 26.6. The predicted octanol–water partition coefficient (Wildman–Crippen LogP) is 2.79. The Morgan fingerprint density at radius 3 is 2.04 bits per heavy atom. The van der Waals surface area contributed by atoms with Crippen LogP contribution in [0.1, 0.15) is 24.0 Å². The molecule has 0 atom stereocenters. The van der Waals surface area contributed by atoms with Crippen LogP contribution in [0, 0.1) is 0 Å². The number of rotatable bonds is 6. The van der Waals surface area contributed by atoms with E-state index in [2.05, 4.69) is 53.4 Å². The van der Waals surface area contributed by atoms with E-state index < -0.39 is 5.97 Å². The highest BCUT2D eigenvalue weighted by Crippen LogP contribution is 2.19. The van der Waals surface area contributed by atoms with E-state index in [1.807, 2.05) is 6.07 Å². The molecular formula is C21H24N2O3. The summed E-state index contributed by atoms with van der Waals surface area (Å²) in [5.41, 5.74) is 3.75. The Morgan fingerprint density at radius 2 is 1.42 bits per heavy atom. The number of carbonyl (C=O) groups is 2. The number of carboxylic acid groups (broad SMARTS) is 1. The Balaban J connectivity index is 1.51. The lowest BCUT2D eigenvalue weighted by Crippen LogP contribution is -2.48. The Kier molecular flexibility index (Phi) is 5.89. The molecule has 0 spiro atoms. The Hall–Kier alpha value is -2.82. The average Bonchev–Trinajstić information content (AvgIpc) is 2.68. The van der Waals surface area contributed by atoms with Crippen molar-refractivity contribution in [1.82, 2.24) is 4.90 Å². The summed E-state index contributed by atoms with van der Waals surface area (Å²) < 4.78 is 0. The fourth-order valence-corrected chi connectivity index (χ4v) is 3.24. The fraction of sp³-hybridized carbons (Fsp3) is 0.333. The van der Waals surface area contributed by atoms with Gasteiger partial charge in [0.15, 0.2) is 0 Å². The van der Waals surface area contributed by atoms with E-state index in [9.17, 15) is 9.59 Å². The number of benzene rings is 2. The van der Waals surface area contributed by atoms with Crippen molar-refractivity contribution in [2.75, 3.05) is 31.1 Å². The van der Waals surface area contributed by atoms with Crippen molar-refractivity contribution in [3.63, 3.8) is 0 Å². The molecule has 26 heavy (non-hydrogen) atoms. The van der Waals surface area contributed by atoms with E-state index in [1.165, 1.54) is 16.8 Å². The van der Waals surface area contributed by atoms with Gasteiger partial charge in [0, 0.05) is 38.3 Å². The molecule has 1 N–H and O–H groups in total. The predicted molar refractivity (Wildman–Crippen MR) is 101 cm³/mol. The molecule has 1 aliphatic rings. The zero-order chi connectivity index (χ0) is 18.4. The van der Waals surface area contributed by atoms with Crippen LogP contribution in [0.2, 0.25) is 0 Å². The quantitative estimate of drug-likeness (QED) is 0.868. The van der Waals surface area contributed by atoms with Gasteiger partial charge in [-0.2, -0.15) is 0 Å². The summed E-state index contributed by atoms with van der Waals surface area (Å²) in [6.07, 6.45) is 0.915. The highest BCUT2D eigenvalue weighted by atomic mass is 16.4. The van der Waals surface area contributed by atoms with Gasteiger partial charge in [0.1, 0.15) is 0 Å². The third kappa shape index (κ3) is 4.85. The first-order valence-corrected chi connectivity index (χ1v) is 8.99. The van der Waals surface area contributed by atoms with E-state index in [0.29, 0.717) is 13.1 Å². The second-order valence-electron chi connectivity index (χ2n) is 6.59. The molecule has 0 bridgehead atoms. The number of aliphatic carboxylic acids is 1. The summed E-state index contributed by atoms with van der Waals surface area (Å²) in [6.45, 7) is 2.84. The van der Waals surface area contributed by atoms with Crippen molar-refractivity contribution in [2.45, 2.75) is 19.3 Å². The van der Waals surface area contributed by atoms with Gasteiger partial charge in [-0.1, -0.05) is 42.5 Å². The molecule has 0 radical (unpaired) electrons. The summed E-state index contributed by atoms with van der Waals surface area (Å²) in [6, 6.07) is 19.0. The van der Waals surface area contributed by atoms with Crippen molar-refractivity contribution < 1.29 is 14.7 Å². The van der Waals surface area contributed by atoms with Crippen LogP contribution >= 0.6 is 0 Å². The van der Waals surface area contributed by atoms with Gasteiger partial charge < -0.3 is 14.9 Å². The van der Waals surface area contributed by atoms with Gasteiger partial charge in [0.25, 0.3) is 0 Å². The minimum atomic E-state index is -0.924. The Labute approximate surface area is 153 Å². The second-order valence-corrected chi connectivity index (χ2v) is 6.59. The molecule has 0 aromatic heterocycles. The van der Waals surface area contributed by atoms with Gasteiger partial charge in [-0.05, 0) is 29.7 Å². The van der Waals surface area contributed by atoms with Gasteiger partial charge in [-0.3, -0.25) is 9.59 Å². The standard InChI is InChI=1S/C21H24N2O3/c24-20(10-11-21(25)26)23-14-12-22(13-15-23)19-8-6-18(7-9-19)16-17-4-2-1-3-5-17/h1-9H,10-16H2,(H,25,26). The maximum atomic E-state index is 12.0. The molecule has 0 saturated carbocycles. The van der Waals surface area contributed by atoms with Gasteiger partial charge in [0.2, 0.25) is 5.91 Å². The molecule has 2 aromatic rings. The third-order valence-corrected chi connectivity index (χ3v) is 4.74. The van der Waals surface area contributed by atoms with Crippen LogP contribution in [-0.2, 0) is 16.0 Å². The largest absolute Gasteiger partial charge is 0.481 e. The van der Waals surface area contributed by atoms with Crippen molar-refractivity contribution in [2.24, 2.45) is 0 Å². The third-order valence-electron chi connectivity index (χ3n) is 4.74. The lowest BCUT2D eigenvalue weighted by molar-refractivity contribution is -0.141. The zero-order valence-corrected chi connectivity index (χ0v) is 14.8. The monoisotopic (exact) mass is 352 g/mol. The molecule has 3 rings (SSSR count). The number of nitrogens with zero attached hydrogens (tertiary/aromatic N) is 2. The average molecular weight is 352 g/mol. The van der Waals surface area contributed by atoms with Crippen LogP contribution in [-0.4, -0.2) is 48.1 Å². The molecule has 1 amide bonds. The first kappa shape index (κ1) is 18.0. The van der Waals surface area contributed by atoms with Gasteiger partial charge in [0.05, 0.1) is 6.42 Å². The smallest absolute Gasteiger partial charge is 0.303 e. The molecule has 1 heterocycles. The molecule has 1 fully saturated rings. The summed E-state index contributed by atoms with van der Waals surface area (Å²) in [7, 11) is 0. The first-order chi connectivity index (χ1) is 12.6. The number of carboxylic acids is 1. The number of amides is 1. The molecule has 0 unspecified atom stereocenters. The fourth-order valence-electron chi connectivity index (χ4n) is 3.24. The molecule has 5 nitrogen and oxygen atoms in total. The molecule has 0 aliphatic carbocycles. The number of hydrogen-bond acceptors (Lipinski definition) is 3. The summed E-state index contributed by atoms with van der Waals surface area (Å²) in [5.74, 6) is -0.988. The molecular weight excluding hydrogens is 328 g/mol. The maximum absolute atomic E-state index is 12.0. The molecule has 1 saturated heterocycles. The zero-order valence-electron chi connectivity index (χ0n) is 14.8. The van der Waals surface area contributed by atoms with Crippen molar-refractivity contribution in [1.29, 1.82) is 0 Å². The molecule has 5 heteroatoms. The SMILES string of the molecule is O=C(O)CCC(=O)N1CCN(c2ccc(Cc3ccccc3)cc2)CC1. The molecule has 2 aromatic carbocycles. The van der Waals surface area contributed by atoms with Gasteiger partial charge in [-0.15, -0.1) is 0 Å². The minimum Gasteiger partial charge on any atom is -0.481 e. The Bertz CT molecular complexity index is 736. The second kappa shape index (κ2) is 8.52. The number of hydrogen-bond donors (Lipinski definition) is 1. The van der Waals surface area contributed by atoms with Gasteiger partial charge >= 0.3 is 5.97 Å². The highest BCUT2D eigenvalue weighted by molar-refractivity contribution is 5.81. The molecule has 136 valence electrons. The van der Waals surface area contributed by atoms with Crippen molar-refractivity contribution in [3.05, 3.63) is 65.7 Å². The van der Waals surface area contributed by atoms with Crippen molar-refractivity contribution >= 4 is 17.6 Å². The van der Waals surface area contributed by atoms with Crippen LogP contribution in [0.4, 0.5) is 5.69 Å². The molecule has 1 aliphatic heterocycles. The highest BCUT2D eigenvalue weighted by Gasteiger charge is 2.21. The minimum absolute atomic E-state index is 0.0646. The number of anilines is 1. The number of piperazine rings is 1. The number of carbonyl (C=O) groups excluding carboxylic acids is 1. The van der Waals surface area contributed by atoms with E-state index in [-0.39, 0.29) is 18.7 Å². The van der Waals surface area contributed by atoms with Crippen LogP contribution in [0.25, 0.3) is 0 Å². The Morgan fingerprint density at radius 1 is 0.808 bits per heavy atom. The maximum Gasteiger partial charge on any atom is 0.303 e.